The first-order valence-corrected chi connectivity index (χ1v) is 10.5. The second kappa shape index (κ2) is 11.4. The molecule has 5 unspecified atom stereocenters. The Morgan fingerprint density at radius 1 is 1.30 bits per heavy atom. The summed E-state index contributed by atoms with van der Waals surface area (Å²) in [4.78, 5) is 11.7. The van der Waals surface area contributed by atoms with Gasteiger partial charge in [0.15, 0.2) is 0 Å². The summed E-state index contributed by atoms with van der Waals surface area (Å²) < 4.78 is 0. The summed E-state index contributed by atoms with van der Waals surface area (Å²) in [5.41, 5.74) is 0. The fraction of sp³-hybridized carbons (Fsp3) is 0.571. The topological polar surface area (TPSA) is 98.0 Å². The first-order chi connectivity index (χ1) is 13.0. The molecule has 1 aromatic rings. The molecule has 4 N–H and O–H groups in total. The van der Waals surface area contributed by atoms with E-state index < -0.39 is 24.3 Å². The van der Waals surface area contributed by atoms with E-state index in [1.807, 2.05) is 29.7 Å². The zero-order valence-electron chi connectivity index (χ0n) is 15.5. The minimum absolute atomic E-state index is 0.0866. The van der Waals surface area contributed by atoms with Crippen LogP contribution < -0.4 is 0 Å². The van der Waals surface area contributed by atoms with E-state index in [0.717, 1.165) is 6.42 Å². The van der Waals surface area contributed by atoms with E-state index in [9.17, 15) is 20.1 Å². The molecule has 1 heterocycles. The van der Waals surface area contributed by atoms with Crippen LogP contribution in [0.25, 0.3) is 0 Å². The minimum atomic E-state index is -0.791. The Kier molecular flexibility index (Phi) is 9.21. The summed E-state index contributed by atoms with van der Waals surface area (Å²) >= 11 is 1.68. The maximum atomic E-state index is 10.5. The number of carboxylic acid groups (broad SMARTS) is 1. The number of unbranched alkanes of at least 4 members (excludes halogenated alkanes) is 1. The van der Waals surface area contributed by atoms with Crippen LogP contribution in [0.4, 0.5) is 0 Å². The Labute approximate surface area is 164 Å². The zero-order chi connectivity index (χ0) is 19.6. The predicted molar refractivity (Wildman–Crippen MR) is 107 cm³/mol. The highest BCUT2D eigenvalue weighted by molar-refractivity contribution is 7.09. The Morgan fingerprint density at radius 3 is 2.81 bits per heavy atom. The van der Waals surface area contributed by atoms with Crippen molar-refractivity contribution >= 4 is 17.3 Å². The molecule has 1 aliphatic carbocycles. The first kappa shape index (κ1) is 21.8. The molecule has 27 heavy (non-hydrogen) atoms. The second-order valence-corrected chi connectivity index (χ2v) is 8.21. The highest BCUT2D eigenvalue weighted by Gasteiger charge is 2.39. The minimum Gasteiger partial charge on any atom is -0.481 e. The molecule has 6 heteroatoms. The molecule has 2 rings (SSSR count). The maximum absolute atomic E-state index is 10.5. The van der Waals surface area contributed by atoms with Gasteiger partial charge < -0.3 is 20.4 Å². The Balaban J connectivity index is 1.81. The number of aliphatic hydroxyl groups is 3. The van der Waals surface area contributed by atoms with E-state index in [1.54, 1.807) is 17.4 Å². The van der Waals surface area contributed by atoms with Crippen molar-refractivity contribution < 1.29 is 25.2 Å². The molecule has 1 fully saturated rings. The molecule has 5 nitrogen and oxygen atoms in total. The Hall–Kier alpha value is -1.47. The largest absolute Gasteiger partial charge is 0.481 e. The number of aliphatic hydroxyl groups excluding tert-OH is 3. The predicted octanol–water partition coefficient (Wildman–Crippen LogP) is 3.16. The van der Waals surface area contributed by atoms with Gasteiger partial charge in [-0.25, -0.2) is 0 Å². The lowest BCUT2D eigenvalue weighted by atomic mass is 9.89. The highest BCUT2D eigenvalue weighted by Crippen LogP contribution is 2.36. The monoisotopic (exact) mass is 394 g/mol. The molecule has 0 amide bonds. The number of hydrogen-bond acceptors (Lipinski definition) is 5. The molecule has 1 aliphatic rings. The SMILES string of the molecule is O=C(O)CCCC=CCC1C(O)CC(O)C1C=CC(O)CCc1cccs1. The Morgan fingerprint density at radius 2 is 2.11 bits per heavy atom. The molecule has 0 bridgehead atoms. The van der Waals surface area contributed by atoms with Crippen LogP contribution in [0, 0.1) is 11.8 Å². The van der Waals surface area contributed by atoms with E-state index in [0.29, 0.717) is 32.1 Å². The fourth-order valence-electron chi connectivity index (χ4n) is 3.55. The number of aliphatic carboxylic acids is 1. The summed E-state index contributed by atoms with van der Waals surface area (Å²) in [6, 6.07) is 4.05. The van der Waals surface area contributed by atoms with Crippen LogP contribution >= 0.6 is 11.3 Å². The van der Waals surface area contributed by atoms with Gasteiger partial charge in [0.2, 0.25) is 0 Å². The van der Waals surface area contributed by atoms with Gasteiger partial charge in [0.1, 0.15) is 0 Å². The molecule has 5 atom stereocenters. The molecule has 1 aromatic heterocycles. The van der Waals surface area contributed by atoms with Crippen molar-refractivity contribution in [3.8, 4) is 0 Å². The molecule has 0 aliphatic heterocycles. The van der Waals surface area contributed by atoms with Gasteiger partial charge in [0.05, 0.1) is 18.3 Å². The van der Waals surface area contributed by atoms with Gasteiger partial charge in [-0.2, -0.15) is 0 Å². The number of rotatable bonds is 11. The van der Waals surface area contributed by atoms with Crippen LogP contribution in [0.1, 0.15) is 43.4 Å². The van der Waals surface area contributed by atoms with Crippen molar-refractivity contribution in [3.63, 3.8) is 0 Å². The van der Waals surface area contributed by atoms with E-state index >= 15 is 0 Å². The lowest BCUT2D eigenvalue weighted by Gasteiger charge is -2.19. The second-order valence-electron chi connectivity index (χ2n) is 7.17. The molecule has 0 saturated heterocycles. The molecular formula is C21H30O5S. The molecule has 1 saturated carbocycles. The molecule has 0 radical (unpaired) electrons. The number of carbonyl (C=O) groups is 1. The summed E-state index contributed by atoms with van der Waals surface area (Å²) in [6.07, 6.45) is 9.63. The van der Waals surface area contributed by atoms with Crippen molar-refractivity contribution in [2.24, 2.45) is 11.8 Å². The number of hydrogen-bond donors (Lipinski definition) is 4. The summed E-state index contributed by atoms with van der Waals surface area (Å²) in [6.45, 7) is 0. The number of thiophene rings is 1. The van der Waals surface area contributed by atoms with Crippen LogP contribution in [0.2, 0.25) is 0 Å². The lowest BCUT2D eigenvalue weighted by molar-refractivity contribution is -0.137. The molecule has 150 valence electrons. The van der Waals surface area contributed by atoms with Crippen LogP contribution in [-0.2, 0) is 11.2 Å². The van der Waals surface area contributed by atoms with Gasteiger partial charge >= 0.3 is 5.97 Å². The smallest absolute Gasteiger partial charge is 0.303 e. The van der Waals surface area contributed by atoms with Gasteiger partial charge in [-0.05, 0) is 49.5 Å². The van der Waals surface area contributed by atoms with E-state index in [-0.39, 0.29) is 18.3 Å². The van der Waals surface area contributed by atoms with Crippen LogP contribution in [0.15, 0.2) is 41.8 Å². The molecule has 0 spiro atoms. The summed E-state index contributed by atoms with van der Waals surface area (Å²) in [7, 11) is 0. The average Bonchev–Trinajstić information content (AvgIpc) is 3.22. The van der Waals surface area contributed by atoms with Crippen molar-refractivity contribution in [2.45, 2.75) is 63.3 Å². The normalized spacial score (nSPS) is 26.9. The van der Waals surface area contributed by atoms with Gasteiger partial charge in [0.25, 0.3) is 0 Å². The average molecular weight is 395 g/mol. The standard InChI is InChI=1S/C21H30O5S/c22-15(9-11-16-6-5-13-27-16)10-12-18-17(19(23)14-20(18)24)7-3-1-2-4-8-21(25)26/h1,3,5-6,10,12-13,15,17-20,22-24H,2,4,7-9,11,14H2,(H,25,26). The van der Waals surface area contributed by atoms with Crippen LogP contribution in [-0.4, -0.2) is 44.7 Å². The third-order valence-corrected chi connectivity index (χ3v) is 6.01. The van der Waals surface area contributed by atoms with Crippen LogP contribution in [0.3, 0.4) is 0 Å². The quantitative estimate of drug-likeness (QED) is 0.341. The van der Waals surface area contributed by atoms with E-state index in [1.165, 1.54) is 4.88 Å². The van der Waals surface area contributed by atoms with Gasteiger partial charge in [-0.15, -0.1) is 11.3 Å². The summed E-state index contributed by atoms with van der Waals surface area (Å²) in [5.74, 6) is -1.06. The molecular weight excluding hydrogens is 364 g/mol. The molecule has 0 aromatic carbocycles. The van der Waals surface area contributed by atoms with Gasteiger partial charge in [-0.1, -0.05) is 30.4 Å². The van der Waals surface area contributed by atoms with Gasteiger partial charge in [-0.3, -0.25) is 4.79 Å². The van der Waals surface area contributed by atoms with E-state index in [4.69, 9.17) is 5.11 Å². The third kappa shape index (κ3) is 7.58. The van der Waals surface area contributed by atoms with Crippen molar-refractivity contribution in [2.75, 3.05) is 0 Å². The number of aryl methyl sites for hydroxylation is 1. The number of carboxylic acids is 1. The Bertz CT molecular complexity index is 610. The van der Waals surface area contributed by atoms with Crippen molar-refractivity contribution in [1.82, 2.24) is 0 Å². The van der Waals surface area contributed by atoms with Gasteiger partial charge in [0, 0.05) is 23.6 Å². The van der Waals surface area contributed by atoms with E-state index in [2.05, 4.69) is 6.07 Å². The summed E-state index contributed by atoms with van der Waals surface area (Å²) in [5, 5.41) is 41.3. The van der Waals surface area contributed by atoms with Crippen LogP contribution in [0.5, 0.6) is 0 Å². The number of allylic oxidation sites excluding steroid dienone is 2. The zero-order valence-corrected chi connectivity index (χ0v) is 16.3. The fourth-order valence-corrected chi connectivity index (χ4v) is 4.27. The van der Waals surface area contributed by atoms with Crippen molar-refractivity contribution in [3.05, 3.63) is 46.7 Å². The van der Waals surface area contributed by atoms with Crippen molar-refractivity contribution in [1.29, 1.82) is 0 Å². The highest BCUT2D eigenvalue weighted by atomic mass is 32.1. The lowest BCUT2D eigenvalue weighted by Crippen LogP contribution is -2.20. The first-order valence-electron chi connectivity index (χ1n) is 9.59. The maximum Gasteiger partial charge on any atom is 0.303 e. The third-order valence-electron chi connectivity index (χ3n) is 5.07.